The molecule has 0 fully saturated rings. The second kappa shape index (κ2) is 10.1. The van der Waals surface area contributed by atoms with Gasteiger partial charge >= 0.3 is 7.60 Å². The minimum absolute atomic E-state index is 0.0184. The first-order valence-corrected chi connectivity index (χ1v) is 15.6. The SMILES string of the molecule is CCOP(=O)(OCC)C1(NS(=O)(=O)CC)C=C(S(=O)(=O)c2ccc(C)cc2)C(=O)c2ccccc21. The Morgan fingerprint density at radius 1 is 0.914 bits per heavy atom. The van der Waals surface area contributed by atoms with Crippen LogP contribution < -0.4 is 4.72 Å². The molecule has 0 aromatic heterocycles. The average Bonchev–Trinajstić information content (AvgIpc) is 2.81. The number of hydrogen-bond donors (Lipinski definition) is 1. The Hall–Kier alpha value is -2.14. The van der Waals surface area contributed by atoms with Crippen LogP contribution in [0.25, 0.3) is 0 Å². The van der Waals surface area contributed by atoms with Gasteiger partial charge in [-0.3, -0.25) is 9.36 Å². The molecule has 0 saturated heterocycles. The highest BCUT2D eigenvalue weighted by Crippen LogP contribution is 2.66. The highest BCUT2D eigenvalue weighted by molar-refractivity contribution is 7.96. The number of hydrogen-bond acceptors (Lipinski definition) is 8. The molecule has 1 aliphatic carbocycles. The van der Waals surface area contributed by atoms with Crippen LogP contribution in [0.1, 0.15) is 42.3 Å². The van der Waals surface area contributed by atoms with Gasteiger partial charge in [-0.1, -0.05) is 42.0 Å². The van der Waals surface area contributed by atoms with E-state index in [4.69, 9.17) is 9.05 Å². The van der Waals surface area contributed by atoms with E-state index in [1.807, 2.05) is 0 Å². The molecule has 0 spiro atoms. The molecule has 0 aliphatic heterocycles. The van der Waals surface area contributed by atoms with E-state index in [1.165, 1.54) is 43.3 Å². The monoisotopic (exact) mass is 541 g/mol. The third-order valence-electron chi connectivity index (χ3n) is 5.49. The van der Waals surface area contributed by atoms with Gasteiger partial charge < -0.3 is 9.05 Å². The minimum Gasteiger partial charge on any atom is -0.307 e. The van der Waals surface area contributed by atoms with Crippen molar-refractivity contribution in [3.05, 3.63) is 76.2 Å². The minimum atomic E-state index is -4.48. The van der Waals surface area contributed by atoms with E-state index < -0.39 is 49.2 Å². The Balaban J connectivity index is 2.47. The molecule has 1 unspecified atom stereocenters. The van der Waals surface area contributed by atoms with E-state index in [0.29, 0.717) is 0 Å². The lowest BCUT2D eigenvalue weighted by molar-refractivity contribution is 0.103. The van der Waals surface area contributed by atoms with E-state index >= 15 is 0 Å². The van der Waals surface area contributed by atoms with Crippen LogP contribution in [-0.4, -0.2) is 41.6 Å². The number of ketones is 1. The number of sulfonamides is 1. The first-order valence-electron chi connectivity index (χ1n) is 11.0. The maximum Gasteiger partial charge on any atom is 0.360 e. The van der Waals surface area contributed by atoms with Gasteiger partial charge in [0.2, 0.25) is 25.6 Å². The summed E-state index contributed by atoms with van der Waals surface area (Å²) in [7, 11) is -13.1. The van der Waals surface area contributed by atoms with E-state index in [0.717, 1.165) is 11.6 Å². The maximum absolute atomic E-state index is 14.3. The molecule has 0 amide bonds. The summed E-state index contributed by atoms with van der Waals surface area (Å²) in [6.45, 7) is 5.98. The zero-order valence-electron chi connectivity index (χ0n) is 19.8. The number of carbonyl (C=O) groups is 1. The molecule has 0 saturated carbocycles. The lowest BCUT2D eigenvalue weighted by Gasteiger charge is -2.40. The fourth-order valence-electron chi connectivity index (χ4n) is 3.78. The number of fused-ring (bicyclic) bond motifs is 1. The number of carbonyl (C=O) groups excluding carboxylic acids is 1. The molecule has 0 bridgehead atoms. The molecule has 1 aliphatic rings. The average molecular weight is 542 g/mol. The molecule has 2 aromatic rings. The van der Waals surface area contributed by atoms with Crippen molar-refractivity contribution >= 4 is 33.2 Å². The Kier molecular flexibility index (Phi) is 7.91. The van der Waals surface area contributed by atoms with Crippen molar-refractivity contribution in [1.29, 1.82) is 0 Å². The molecule has 1 atom stereocenters. The molecule has 35 heavy (non-hydrogen) atoms. The molecule has 1 N–H and O–H groups in total. The first-order chi connectivity index (χ1) is 16.4. The Morgan fingerprint density at radius 2 is 1.49 bits per heavy atom. The predicted octanol–water partition coefficient (Wildman–Crippen LogP) is 3.91. The van der Waals surface area contributed by atoms with E-state index in [9.17, 15) is 26.2 Å². The molecular formula is C23H28NO8PS2. The Morgan fingerprint density at radius 3 is 2.03 bits per heavy atom. The number of allylic oxidation sites excluding steroid dienone is 1. The Labute approximate surface area is 206 Å². The lowest BCUT2D eigenvalue weighted by Crippen LogP contribution is -2.49. The van der Waals surface area contributed by atoms with Crippen LogP contribution in [0.3, 0.4) is 0 Å². The standard InChI is InChI=1S/C23H28NO8PS2/c1-5-31-33(26,32-6-2)23(24-34(27,28)7-3)16-21(22(25)19-10-8-9-11-20(19)23)35(29,30)18-14-12-17(4)13-15-18/h8-16,24H,5-7H2,1-4H3. The van der Waals surface area contributed by atoms with E-state index in [-0.39, 0.29) is 29.2 Å². The molecule has 12 heteroatoms. The van der Waals surface area contributed by atoms with Crippen molar-refractivity contribution in [2.24, 2.45) is 0 Å². The zero-order valence-corrected chi connectivity index (χ0v) is 22.4. The van der Waals surface area contributed by atoms with Crippen LogP contribution in [0.5, 0.6) is 0 Å². The van der Waals surface area contributed by atoms with Crippen molar-refractivity contribution in [2.75, 3.05) is 19.0 Å². The molecular weight excluding hydrogens is 513 g/mol. The highest BCUT2D eigenvalue weighted by atomic mass is 32.2. The molecule has 190 valence electrons. The normalized spacial score (nSPS) is 18.7. The fourth-order valence-corrected chi connectivity index (χ4v) is 8.89. The van der Waals surface area contributed by atoms with Crippen molar-refractivity contribution in [2.45, 2.75) is 37.9 Å². The van der Waals surface area contributed by atoms with Gasteiger partial charge in [-0.2, -0.15) is 4.72 Å². The summed E-state index contributed by atoms with van der Waals surface area (Å²) in [4.78, 5) is 12.6. The summed E-state index contributed by atoms with van der Waals surface area (Å²) >= 11 is 0. The first kappa shape index (κ1) is 27.4. The third-order valence-corrected chi connectivity index (χ3v) is 11.3. The lowest BCUT2D eigenvalue weighted by atomic mass is 9.92. The molecule has 0 heterocycles. The van der Waals surface area contributed by atoms with Crippen molar-refractivity contribution in [1.82, 2.24) is 4.72 Å². The number of nitrogens with one attached hydrogen (secondary N) is 1. The van der Waals surface area contributed by atoms with Gasteiger partial charge in [0.05, 0.1) is 23.9 Å². The second-order valence-electron chi connectivity index (χ2n) is 7.80. The summed E-state index contributed by atoms with van der Waals surface area (Å²) in [5, 5.41) is -2.30. The zero-order chi connectivity index (χ0) is 26.1. The van der Waals surface area contributed by atoms with Crippen LogP contribution in [0, 0.1) is 6.92 Å². The van der Waals surface area contributed by atoms with Gasteiger partial charge in [0.15, 0.2) is 5.28 Å². The van der Waals surface area contributed by atoms with Gasteiger partial charge in [0, 0.05) is 11.1 Å². The largest absolute Gasteiger partial charge is 0.360 e. The Bertz CT molecular complexity index is 1410. The van der Waals surface area contributed by atoms with Crippen LogP contribution in [0.2, 0.25) is 0 Å². The van der Waals surface area contributed by atoms with Crippen LogP contribution in [0.4, 0.5) is 0 Å². The fraction of sp³-hybridized carbons (Fsp3) is 0.348. The molecule has 9 nitrogen and oxygen atoms in total. The number of rotatable bonds is 10. The molecule has 3 rings (SSSR count). The smallest absolute Gasteiger partial charge is 0.307 e. The maximum atomic E-state index is 14.3. The van der Waals surface area contributed by atoms with Gasteiger partial charge in [0.25, 0.3) is 0 Å². The summed E-state index contributed by atoms with van der Waals surface area (Å²) < 4.78 is 80.8. The number of aryl methyl sites for hydroxylation is 1. The third kappa shape index (κ3) is 4.94. The summed E-state index contributed by atoms with van der Waals surface area (Å²) in [6, 6.07) is 11.6. The van der Waals surface area contributed by atoms with Gasteiger partial charge in [-0.05, 0) is 45.9 Å². The van der Waals surface area contributed by atoms with E-state index in [2.05, 4.69) is 4.72 Å². The number of Topliss-reactive ketones (excluding diaryl/α,β-unsaturated/α-hetero) is 1. The van der Waals surface area contributed by atoms with Crippen LogP contribution in [0.15, 0.2) is 64.4 Å². The van der Waals surface area contributed by atoms with Crippen molar-refractivity contribution < 1.29 is 35.2 Å². The van der Waals surface area contributed by atoms with E-state index in [1.54, 1.807) is 32.9 Å². The molecule has 2 aromatic carbocycles. The van der Waals surface area contributed by atoms with Gasteiger partial charge in [-0.15, -0.1) is 0 Å². The predicted molar refractivity (Wildman–Crippen MR) is 132 cm³/mol. The number of sulfone groups is 1. The quantitative estimate of drug-likeness (QED) is 0.448. The summed E-state index contributed by atoms with van der Waals surface area (Å²) in [6.07, 6.45) is 0.881. The van der Waals surface area contributed by atoms with Crippen LogP contribution >= 0.6 is 7.60 Å². The van der Waals surface area contributed by atoms with Crippen molar-refractivity contribution in [3.8, 4) is 0 Å². The highest BCUT2D eigenvalue weighted by Gasteiger charge is 2.58. The summed E-state index contributed by atoms with van der Waals surface area (Å²) in [5.41, 5.74) is 0.662. The van der Waals surface area contributed by atoms with Crippen LogP contribution in [-0.2, 0) is 38.8 Å². The van der Waals surface area contributed by atoms with Gasteiger partial charge in [-0.25, -0.2) is 16.8 Å². The number of benzene rings is 2. The summed E-state index contributed by atoms with van der Waals surface area (Å²) in [5.74, 6) is -1.26. The molecule has 0 radical (unpaired) electrons. The second-order valence-corrected chi connectivity index (χ2v) is 14.0. The topological polar surface area (TPSA) is 133 Å². The van der Waals surface area contributed by atoms with Crippen molar-refractivity contribution in [3.63, 3.8) is 0 Å². The van der Waals surface area contributed by atoms with Gasteiger partial charge in [0.1, 0.15) is 4.91 Å².